The van der Waals surface area contributed by atoms with E-state index in [0.29, 0.717) is 23.8 Å². The predicted molar refractivity (Wildman–Crippen MR) is 82.3 cm³/mol. The molecule has 0 aliphatic carbocycles. The van der Waals surface area contributed by atoms with Crippen molar-refractivity contribution in [1.82, 2.24) is 10.2 Å². The topological polar surface area (TPSA) is 67.6 Å². The average molecular weight is 300 g/mol. The molecule has 0 aromatic heterocycles. The van der Waals surface area contributed by atoms with Crippen molar-refractivity contribution in [1.29, 1.82) is 0 Å². The third-order valence-corrected chi connectivity index (χ3v) is 3.40. The minimum absolute atomic E-state index is 0. The number of nitrogens with zero attached hydrogens (tertiary/aromatic N) is 1. The lowest BCUT2D eigenvalue weighted by molar-refractivity contribution is 0.0204. The van der Waals surface area contributed by atoms with E-state index in [9.17, 15) is 4.79 Å². The maximum Gasteiger partial charge on any atom is 0.251 e. The van der Waals surface area contributed by atoms with E-state index < -0.39 is 0 Å². The average Bonchev–Trinajstić information content (AvgIpc) is 2.46. The number of ether oxygens (including phenoxy) is 1. The highest BCUT2D eigenvalue weighted by Gasteiger charge is 2.17. The van der Waals surface area contributed by atoms with E-state index in [1.54, 1.807) is 24.3 Å². The van der Waals surface area contributed by atoms with Gasteiger partial charge in [0.05, 0.1) is 13.2 Å². The lowest BCUT2D eigenvalue weighted by Gasteiger charge is -2.32. The second-order valence-corrected chi connectivity index (χ2v) is 4.83. The van der Waals surface area contributed by atoms with Crippen LogP contribution in [0.25, 0.3) is 0 Å². The Labute approximate surface area is 125 Å². The Morgan fingerprint density at radius 1 is 1.35 bits per heavy atom. The number of nitrogens with one attached hydrogen (secondary N) is 1. The van der Waals surface area contributed by atoms with E-state index in [0.717, 1.165) is 26.3 Å². The molecule has 1 fully saturated rings. The summed E-state index contributed by atoms with van der Waals surface area (Å²) in [4.78, 5) is 14.3. The van der Waals surface area contributed by atoms with Gasteiger partial charge in [-0.15, -0.1) is 12.4 Å². The summed E-state index contributed by atoms with van der Waals surface area (Å²) in [5, 5.41) is 2.95. The van der Waals surface area contributed by atoms with Crippen molar-refractivity contribution >= 4 is 24.0 Å². The molecule has 20 heavy (non-hydrogen) atoms. The molecule has 1 unspecified atom stereocenters. The molecule has 1 aliphatic heterocycles. The zero-order valence-corrected chi connectivity index (χ0v) is 12.5. The standard InChI is InChI=1S/C14H21N3O2.ClH/c1-11(17-6-8-19-9-7-17)10-16-14(18)12-2-4-13(15)5-3-12;/h2-5,11H,6-10,15H2,1H3,(H,16,18);1H. The minimum atomic E-state index is -0.0555. The lowest BCUT2D eigenvalue weighted by Crippen LogP contribution is -2.47. The molecule has 0 radical (unpaired) electrons. The molecule has 6 heteroatoms. The van der Waals surface area contributed by atoms with E-state index >= 15 is 0 Å². The van der Waals surface area contributed by atoms with Crippen molar-refractivity contribution in [3.05, 3.63) is 29.8 Å². The van der Waals surface area contributed by atoms with Crippen molar-refractivity contribution < 1.29 is 9.53 Å². The maximum atomic E-state index is 11.9. The summed E-state index contributed by atoms with van der Waals surface area (Å²) in [7, 11) is 0. The molecule has 3 N–H and O–H groups in total. The third-order valence-electron chi connectivity index (χ3n) is 3.40. The summed E-state index contributed by atoms with van der Waals surface area (Å²) < 4.78 is 5.32. The van der Waals surface area contributed by atoms with E-state index in [-0.39, 0.29) is 18.3 Å². The van der Waals surface area contributed by atoms with Gasteiger partial charge in [-0.2, -0.15) is 0 Å². The number of nitrogens with two attached hydrogens (primary N) is 1. The monoisotopic (exact) mass is 299 g/mol. The molecule has 0 saturated carbocycles. The number of morpholine rings is 1. The number of halogens is 1. The molecular weight excluding hydrogens is 278 g/mol. The van der Waals surface area contributed by atoms with Crippen LogP contribution >= 0.6 is 12.4 Å². The van der Waals surface area contributed by atoms with Gasteiger partial charge in [-0.05, 0) is 31.2 Å². The van der Waals surface area contributed by atoms with Gasteiger partial charge in [0.2, 0.25) is 0 Å². The van der Waals surface area contributed by atoms with E-state index in [2.05, 4.69) is 17.1 Å². The van der Waals surface area contributed by atoms with Crippen LogP contribution in [-0.2, 0) is 4.74 Å². The van der Waals surface area contributed by atoms with Crippen LogP contribution in [0.15, 0.2) is 24.3 Å². The number of amides is 1. The number of rotatable bonds is 4. The van der Waals surface area contributed by atoms with Crippen molar-refractivity contribution in [2.24, 2.45) is 0 Å². The Hall–Kier alpha value is -1.30. The molecule has 112 valence electrons. The molecule has 1 aromatic carbocycles. The fourth-order valence-corrected chi connectivity index (χ4v) is 2.12. The highest BCUT2D eigenvalue weighted by Crippen LogP contribution is 2.06. The van der Waals surface area contributed by atoms with Crippen molar-refractivity contribution in [3.63, 3.8) is 0 Å². The largest absolute Gasteiger partial charge is 0.399 e. The van der Waals surface area contributed by atoms with Crippen LogP contribution in [0.5, 0.6) is 0 Å². The summed E-state index contributed by atoms with van der Waals surface area (Å²) in [5.74, 6) is -0.0555. The Kier molecular flexibility index (Phi) is 6.78. The molecule has 1 atom stereocenters. The highest BCUT2D eigenvalue weighted by molar-refractivity contribution is 5.94. The molecule has 1 aliphatic rings. The van der Waals surface area contributed by atoms with Crippen LogP contribution in [0.1, 0.15) is 17.3 Å². The van der Waals surface area contributed by atoms with Gasteiger partial charge >= 0.3 is 0 Å². The first-order chi connectivity index (χ1) is 9.16. The number of hydrogen-bond acceptors (Lipinski definition) is 4. The molecule has 0 spiro atoms. The van der Waals surface area contributed by atoms with Crippen molar-refractivity contribution in [2.75, 3.05) is 38.6 Å². The second kappa shape index (κ2) is 8.09. The summed E-state index contributed by atoms with van der Waals surface area (Å²) in [6, 6.07) is 7.27. The predicted octanol–water partition coefficient (Wildman–Crippen LogP) is 1.14. The van der Waals surface area contributed by atoms with Gasteiger partial charge < -0.3 is 15.8 Å². The van der Waals surface area contributed by atoms with E-state index in [1.807, 2.05) is 0 Å². The zero-order chi connectivity index (χ0) is 13.7. The summed E-state index contributed by atoms with van der Waals surface area (Å²) in [5.41, 5.74) is 6.90. The summed E-state index contributed by atoms with van der Waals surface area (Å²) in [6.07, 6.45) is 0. The first-order valence-corrected chi connectivity index (χ1v) is 6.62. The first kappa shape index (κ1) is 16.8. The van der Waals surface area contributed by atoms with Crippen LogP contribution < -0.4 is 11.1 Å². The lowest BCUT2D eigenvalue weighted by atomic mass is 10.2. The molecule has 1 heterocycles. The van der Waals surface area contributed by atoms with Gasteiger partial charge in [0.15, 0.2) is 0 Å². The van der Waals surface area contributed by atoms with Crippen LogP contribution in [-0.4, -0.2) is 49.7 Å². The fourth-order valence-electron chi connectivity index (χ4n) is 2.12. The Bertz CT molecular complexity index is 419. The third kappa shape index (κ3) is 4.67. The Balaban J connectivity index is 0.00000200. The van der Waals surface area contributed by atoms with Crippen LogP contribution in [0.2, 0.25) is 0 Å². The van der Waals surface area contributed by atoms with Gasteiger partial charge in [-0.25, -0.2) is 0 Å². The molecule has 1 aromatic rings. The first-order valence-electron chi connectivity index (χ1n) is 6.62. The number of carbonyl (C=O) groups excluding carboxylic acids is 1. The highest BCUT2D eigenvalue weighted by atomic mass is 35.5. The SMILES string of the molecule is CC(CNC(=O)c1ccc(N)cc1)N1CCOCC1.Cl. The normalized spacial score (nSPS) is 17.1. The fraction of sp³-hybridized carbons (Fsp3) is 0.500. The summed E-state index contributed by atoms with van der Waals surface area (Å²) in [6.45, 7) is 6.17. The molecule has 1 saturated heterocycles. The number of hydrogen-bond donors (Lipinski definition) is 2. The van der Waals surface area contributed by atoms with Crippen LogP contribution in [0.3, 0.4) is 0 Å². The van der Waals surface area contributed by atoms with Gasteiger partial charge in [-0.1, -0.05) is 0 Å². The molecule has 0 bridgehead atoms. The quantitative estimate of drug-likeness (QED) is 0.818. The number of carbonyl (C=O) groups is 1. The zero-order valence-electron chi connectivity index (χ0n) is 11.7. The second-order valence-electron chi connectivity index (χ2n) is 4.83. The van der Waals surface area contributed by atoms with Gasteiger partial charge in [0, 0.05) is 36.9 Å². The molecule has 2 rings (SSSR count). The Morgan fingerprint density at radius 3 is 2.55 bits per heavy atom. The Morgan fingerprint density at radius 2 is 1.95 bits per heavy atom. The maximum absolute atomic E-state index is 11.9. The minimum Gasteiger partial charge on any atom is -0.399 e. The molecule has 5 nitrogen and oxygen atoms in total. The molecular formula is C14H22ClN3O2. The van der Waals surface area contributed by atoms with E-state index in [4.69, 9.17) is 10.5 Å². The van der Waals surface area contributed by atoms with Gasteiger partial charge in [0.25, 0.3) is 5.91 Å². The van der Waals surface area contributed by atoms with Crippen LogP contribution in [0, 0.1) is 0 Å². The van der Waals surface area contributed by atoms with Crippen molar-refractivity contribution in [2.45, 2.75) is 13.0 Å². The number of anilines is 1. The van der Waals surface area contributed by atoms with Crippen LogP contribution in [0.4, 0.5) is 5.69 Å². The van der Waals surface area contributed by atoms with E-state index in [1.165, 1.54) is 0 Å². The van der Waals surface area contributed by atoms with Gasteiger partial charge in [-0.3, -0.25) is 9.69 Å². The summed E-state index contributed by atoms with van der Waals surface area (Å²) >= 11 is 0. The smallest absolute Gasteiger partial charge is 0.251 e. The number of nitrogen functional groups attached to an aromatic ring is 1. The van der Waals surface area contributed by atoms with Crippen molar-refractivity contribution in [3.8, 4) is 0 Å². The molecule has 1 amide bonds. The van der Waals surface area contributed by atoms with Gasteiger partial charge in [0.1, 0.15) is 0 Å². The number of benzene rings is 1.